The SMILES string of the molecule is CN(C)C1CCOC2(CCN(C(=O)C3CC(F)(F)C3)CC2)C1. The van der Waals surface area contributed by atoms with E-state index in [2.05, 4.69) is 19.0 Å². The minimum Gasteiger partial charge on any atom is -0.375 e. The molecule has 2 saturated heterocycles. The molecule has 1 unspecified atom stereocenters. The molecule has 2 aliphatic heterocycles. The Bertz CT molecular complexity index is 426. The molecule has 0 aromatic carbocycles. The standard InChI is InChI=1S/C16H26F2N2O2/c1-19(2)13-3-8-22-15(11-13)4-6-20(7-5-15)14(21)12-9-16(17,18)10-12/h12-13H,3-11H2,1-2H3. The highest BCUT2D eigenvalue weighted by atomic mass is 19.3. The van der Waals surface area contributed by atoms with E-state index in [4.69, 9.17) is 4.74 Å². The van der Waals surface area contributed by atoms with Gasteiger partial charge in [-0.1, -0.05) is 0 Å². The van der Waals surface area contributed by atoms with E-state index in [-0.39, 0.29) is 24.3 Å². The van der Waals surface area contributed by atoms with Crippen molar-refractivity contribution in [3.05, 3.63) is 0 Å². The first-order chi connectivity index (χ1) is 10.3. The third-order valence-corrected chi connectivity index (χ3v) is 5.62. The molecule has 22 heavy (non-hydrogen) atoms. The van der Waals surface area contributed by atoms with Gasteiger partial charge in [-0.15, -0.1) is 0 Å². The van der Waals surface area contributed by atoms with Crippen molar-refractivity contribution in [2.75, 3.05) is 33.8 Å². The van der Waals surface area contributed by atoms with Crippen LogP contribution in [0.15, 0.2) is 0 Å². The molecule has 1 saturated carbocycles. The van der Waals surface area contributed by atoms with Crippen LogP contribution in [-0.4, -0.2) is 67.1 Å². The van der Waals surface area contributed by atoms with Gasteiger partial charge in [-0.25, -0.2) is 8.78 Å². The Labute approximate surface area is 130 Å². The van der Waals surface area contributed by atoms with E-state index >= 15 is 0 Å². The highest BCUT2D eigenvalue weighted by Gasteiger charge is 2.51. The zero-order valence-corrected chi connectivity index (χ0v) is 13.5. The van der Waals surface area contributed by atoms with Crippen LogP contribution >= 0.6 is 0 Å². The average molecular weight is 316 g/mol. The summed E-state index contributed by atoms with van der Waals surface area (Å²) in [6.07, 6.45) is 3.16. The van der Waals surface area contributed by atoms with Gasteiger partial charge >= 0.3 is 0 Å². The van der Waals surface area contributed by atoms with Crippen molar-refractivity contribution in [3.63, 3.8) is 0 Å². The molecule has 6 heteroatoms. The van der Waals surface area contributed by atoms with E-state index in [0.29, 0.717) is 19.1 Å². The maximum absolute atomic E-state index is 12.9. The van der Waals surface area contributed by atoms with Crippen LogP contribution in [0.25, 0.3) is 0 Å². The zero-order valence-electron chi connectivity index (χ0n) is 13.5. The van der Waals surface area contributed by atoms with E-state index in [1.54, 1.807) is 4.90 Å². The van der Waals surface area contributed by atoms with Crippen molar-refractivity contribution < 1.29 is 18.3 Å². The second-order valence-electron chi connectivity index (χ2n) is 7.43. The predicted octanol–water partition coefficient (Wildman–Crippen LogP) is 2.13. The van der Waals surface area contributed by atoms with Gasteiger partial charge in [-0.3, -0.25) is 4.79 Å². The van der Waals surface area contributed by atoms with Crippen LogP contribution in [-0.2, 0) is 9.53 Å². The van der Waals surface area contributed by atoms with Crippen molar-refractivity contribution in [1.82, 2.24) is 9.80 Å². The van der Waals surface area contributed by atoms with E-state index < -0.39 is 11.8 Å². The third-order valence-electron chi connectivity index (χ3n) is 5.62. The number of rotatable bonds is 2. The molecule has 126 valence electrons. The second-order valence-corrected chi connectivity index (χ2v) is 7.43. The lowest BCUT2D eigenvalue weighted by Gasteiger charge is -2.48. The summed E-state index contributed by atoms with van der Waals surface area (Å²) < 4.78 is 31.9. The van der Waals surface area contributed by atoms with Crippen molar-refractivity contribution in [2.45, 2.75) is 56.1 Å². The molecule has 0 aromatic rings. The summed E-state index contributed by atoms with van der Waals surface area (Å²) in [5.41, 5.74) is -0.118. The Kier molecular flexibility index (Phi) is 4.18. The molecule has 0 N–H and O–H groups in total. The van der Waals surface area contributed by atoms with Gasteiger partial charge < -0.3 is 14.5 Å². The summed E-state index contributed by atoms with van der Waals surface area (Å²) in [4.78, 5) is 16.3. The second kappa shape index (κ2) is 5.71. The largest absolute Gasteiger partial charge is 0.375 e. The highest BCUT2D eigenvalue weighted by Crippen LogP contribution is 2.44. The highest BCUT2D eigenvalue weighted by molar-refractivity contribution is 5.80. The Balaban J connectivity index is 1.53. The summed E-state index contributed by atoms with van der Waals surface area (Å²) in [5.74, 6) is -3.17. The maximum atomic E-state index is 12.9. The molecule has 3 fully saturated rings. The fraction of sp³-hybridized carbons (Fsp3) is 0.938. The Morgan fingerprint density at radius 3 is 2.36 bits per heavy atom. The molecule has 1 atom stereocenters. The molecule has 0 aromatic heterocycles. The van der Waals surface area contributed by atoms with E-state index in [1.807, 2.05) is 0 Å². The van der Waals surface area contributed by atoms with Crippen LogP contribution in [0.5, 0.6) is 0 Å². The topological polar surface area (TPSA) is 32.8 Å². The molecule has 1 amide bonds. The van der Waals surface area contributed by atoms with Crippen molar-refractivity contribution in [3.8, 4) is 0 Å². The molecular formula is C16H26F2N2O2. The maximum Gasteiger partial charge on any atom is 0.249 e. The zero-order chi connectivity index (χ0) is 16.0. The number of carbonyl (C=O) groups excluding carboxylic acids is 1. The first-order valence-electron chi connectivity index (χ1n) is 8.27. The molecule has 3 rings (SSSR count). The lowest BCUT2D eigenvalue weighted by atomic mass is 9.78. The number of ether oxygens (including phenoxy) is 1. The predicted molar refractivity (Wildman–Crippen MR) is 78.9 cm³/mol. The van der Waals surface area contributed by atoms with E-state index in [0.717, 1.165) is 32.3 Å². The van der Waals surface area contributed by atoms with Gasteiger partial charge in [-0.05, 0) is 39.8 Å². The number of nitrogens with zero attached hydrogens (tertiary/aromatic N) is 2. The Morgan fingerprint density at radius 2 is 1.82 bits per heavy atom. The van der Waals surface area contributed by atoms with Crippen LogP contribution in [0.3, 0.4) is 0 Å². The molecule has 0 bridgehead atoms. The van der Waals surface area contributed by atoms with Crippen LogP contribution in [0.1, 0.15) is 38.5 Å². The van der Waals surface area contributed by atoms with Crippen LogP contribution in [0.4, 0.5) is 8.78 Å². The molecule has 4 nitrogen and oxygen atoms in total. The lowest BCUT2D eigenvalue weighted by Crippen LogP contribution is -2.55. The van der Waals surface area contributed by atoms with Crippen molar-refractivity contribution in [2.24, 2.45) is 5.92 Å². The number of piperidine rings is 1. The van der Waals surface area contributed by atoms with Crippen LogP contribution in [0.2, 0.25) is 0 Å². The van der Waals surface area contributed by atoms with Gasteiger partial charge in [0, 0.05) is 44.5 Å². The molecule has 0 radical (unpaired) electrons. The minimum absolute atomic E-state index is 0.0826. The number of amides is 1. The van der Waals surface area contributed by atoms with Crippen molar-refractivity contribution in [1.29, 1.82) is 0 Å². The quantitative estimate of drug-likeness (QED) is 0.782. The summed E-state index contributed by atoms with van der Waals surface area (Å²) in [5, 5.41) is 0. The first kappa shape index (κ1) is 16.1. The van der Waals surface area contributed by atoms with Gasteiger partial charge in [0.05, 0.1) is 5.60 Å². The monoisotopic (exact) mass is 316 g/mol. The van der Waals surface area contributed by atoms with Crippen molar-refractivity contribution >= 4 is 5.91 Å². The summed E-state index contributed by atoms with van der Waals surface area (Å²) in [7, 11) is 4.19. The number of likely N-dealkylation sites (tertiary alicyclic amines) is 1. The average Bonchev–Trinajstić information content (AvgIpc) is 2.45. The first-order valence-corrected chi connectivity index (χ1v) is 8.27. The van der Waals surface area contributed by atoms with Gasteiger partial charge in [0.25, 0.3) is 0 Å². The van der Waals surface area contributed by atoms with E-state index in [9.17, 15) is 13.6 Å². The number of hydrogen-bond acceptors (Lipinski definition) is 3. The molecular weight excluding hydrogens is 290 g/mol. The fourth-order valence-electron chi connectivity index (χ4n) is 4.02. The Morgan fingerprint density at radius 1 is 1.18 bits per heavy atom. The molecule has 1 aliphatic carbocycles. The lowest BCUT2D eigenvalue weighted by molar-refractivity contribution is -0.168. The summed E-state index contributed by atoms with van der Waals surface area (Å²) in [6.45, 7) is 2.05. The molecule has 3 aliphatic rings. The van der Waals surface area contributed by atoms with Gasteiger partial charge in [0.15, 0.2) is 0 Å². The van der Waals surface area contributed by atoms with Crippen LogP contribution < -0.4 is 0 Å². The number of halogens is 2. The number of carbonyl (C=O) groups is 1. The van der Waals surface area contributed by atoms with Gasteiger partial charge in [0.1, 0.15) is 0 Å². The summed E-state index contributed by atoms with van der Waals surface area (Å²) >= 11 is 0. The minimum atomic E-state index is -2.62. The van der Waals surface area contributed by atoms with Crippen LogP contribution in [0, 0.1) is 5.92 Å². The van der Waals surface area contributed by atoms with Gasteiger partial charge in [0.2, 0.25) is 11.8 Å². The fourth-order valence-corrected chi connectivity index (χ4v) is 4.02. The van der Waals surface area contributed by atoms with Gasteiger partial charge in [-0.2, -0.15) is 0 Å². The summed E-state index contributed by atoms with van der Waals surface area (Å²) in [6, 6.07) is 0.529. The van der Waals surface area contributed by atoms with E-state index in [1.165, 1.54) is 0 Å². The molecule has 1 spiro atoms. The number of hydrogen-bond donors (Lipinski definition) is 0. The third kappa shape index (κ3) is 3.13. The Hall–Kier alpha value is -0.750. The normalized spacial score (nSPS) is 31.3. The molecule has 2 heterocycles. The number of alkyl halides is 2. The smallest absolute Gasteiger partial charge is 0.249 e.